The minimum absolute atomic E-state index is 0.133. The third-order valence-corrected chi connectivity index (χ3v) is 8.90. The summed E-state index contributed by atoms with van der Waals surface area (Å²) in [5.41, 5.74) is 1.47. The van der Waals surface area contributed by atoms with E-state index in [4.69, 9.17) is 0 Å². The Morgan fingerprint density at radius 2 is 1.90 bits per heavy atom. The highest BCUT2D eigenvalue weighted by atomic mass is 32.2. The fourth-order valence-corrected chi connectivity index (χ4v) is 6.92. The van der Waals surface area contributed by atoms with E-state index in [2.05, 4.69) is 15.5 Å². The Balaban J connectivity index is 1.29. The van der Waals surface area contributed by atoms with Gasteiger partial charge in [0.1, 0.15) is 0 Å². The van der Waals surface area contributed by atoms with Gasteiger partial charge >= 0.3 is 0 Å². The number of carbonyl (C=O) groups is 1. The highest BCUT2D eigenvalue weighted by Crippen LogP contribution is 2.29. The molecule has 8 nitrogen and oxygen atoms in total. The van der Waals surface area contributed by atoms with Gasteiger partial charge in [0.05, 0.1) is 20.9 Å². The highest BCUT2D eigenvalue weighted by Gasteiger charge is 2.27. The summed E-state index contributed by atoms with van der Waals surface area (Å²) in [4.78, 5) is 13.5. The number of hydrogen-bond acceptors (Lipinski definition) is 7. The summed E-state index contributed by atoms with van der Waals surface area (Å²) in [7, 11) is -3.53. The van der Waals surface area contributed by atoms with Crippen molar-refractivity contribution in [1.82, 2.24) is 18.9 Å². The number of nitrogens with zero attached hydrogens (tertiary/aromatic N) is 4. The number of thioether (sulfide) groups is 1. The maximum absolute atomic E-state index is 12.8. The first kappa shape index (κ1) is 20.4. The third-order valence-electron chi connectivity index (χ3n) is 5.06. The van der Waals surface area contributed by atoms with Crippen LogP contribution in [0.3, 0.4) is 0 Å². The van der Waals surface area contributed by atoms with Crippen molar-refractivity contribution in [3.05, 3.63) is 48.5 Å². The molecule has 1 aliphatic heterocycles. The SMILES string of the molecule is O=C(CSc1nnc2sc3ccccc3n12)Nc1cccc(S(=O)(=O)N2CCCC2)c1. The second kappa shape index (κ2) is 8.23. The van der Waals surface area contributed by atoms with Crippen molar-refractivity contribution in [3.8, 4) is 0 Å². The summed E-state index contributed by atoms with van der Waals surface area (Å²) in [6, 6.07) is 14.4. The predicted molar refractivity (Wildman–Crippen MR) is 122 cm³/mol. The monoisotopic (exact) mass is 473 g/mol. The molecule has 0 unspecified atom stereocenters. The molecular weight excluding hydrogens is 454 g/mol. The number of amides is 1. The highest BCUT2D eigenvalue weighted by molar-refractivity contribution is 7.99. The maximum atomic E-state index is 12.8. The van der Waals surface area contributed by atoms with Gasteiger partial charge in [-0.05, 0) is 43.2 Å². The van der Waals surface area contributed by atoms with Gasteiger partial charge in [0.2, 0.25) is 20.9 Å². The van der Waals surface area contributed by atoms with Gasteiger partial charge in [-0.15, -0.1) is 10.2 Å². The molecule has 4 aromatic rings. The number of sulfonamides is 1. The van der Waals surface area contributed by atoms with Crippen LogP contribution in [0.1, 0.15) is 12.8 Å². The minimum Gasteiger partial charge on any atom is -0.325 e. The number of nitrogens with one attached hydrogen (secondary N) is 1. The Kier molecular flexibility index (Phi) is 5.42. The van der Waals surface area contributed by atoms with E-state index in [-0.39, 0.29) is 16.6 Å². The molecular formula is C20H19N5O3S3. The number of para-hydroxylation sites is 1. The van der Waals surface area contributed by atoms with Crippen LogP contribution in [0.4, 0.5) is 5.69 Å². The molecule has 2 aromatic heterocycles. The van der Waals surface area contributed by atoms with Crippen LogP contribution in [0.15, 0.2) is 58.6 Å². The van der Waals surface area contributed by atoms with E-state index in [0.29, 0.717) is 23.9 Å². The van der Waals surface area contributed by atoms with Crippen LogP contribution >= 0.6 is 23.1 Å². The molecule has 0 bridgehead atoms. The molecule has 160 valence electrons. The molecule has 0 spiro atoms. The second-order valence-corrected chi connectivity index (χ2v) is 11.0. The van der Waals surface area contributed by atoms with Crippen LogP contribution in [0.5, 0.6) is 0 Å². The van der Waals surface area contributed by atoms with Crippen molar-refractivity contribution in [3.63, 3.8) is 0 Å². The predicted octanol–water partition coefficient (Wildman–Crippen LogP) is 3.46. The van der Waals surface area contributed by atoms with Gasteiger partial charge in [-0.2, -0.15) is 4.31 Å². The smallest absolute Gasteiger partial charge is 0.243 e. The minimum atomic E-state index is -3.53. The molecule has 11 heteroatoms. The molecule has 5 rings (SSSR count). The Hall–Kier alpha value is -2.47. The molecule has 1 aliphatic rings. The van der Waals surface area contributed by atoms with Crippen LogP contribution < -0.4 is 5.32 Å². The third kappa shape index (κ3) is 3.93. The lowest BCUT2D eigenvalue weighted by atomic mass is 10.3. The summed E-state index contributed by atoms with van der Waals surface area (Å²) < 4.78 is 30.0. The van der Waals surface area contributed by atoms with E-state index in [1.165, 1.54) is 22.1 Å². The van der Waals surface area contributed by atoms with Gasteiger partial charge < -0.3 is 5.32 Å². The van der Waals surface area contributed by atoms with Gasteiger partial charge in [0, 0.05) is 18.8 Å². The first-order valence-electron chi connectivity index (χ1n) is 9.78. The zero-order valence-electron chi connectivity index (χ0n) is 16.4. The van der Waals surface area contributed by atoms with E-state index >= 15 is 0 Å². The van der Waals surface area contributed by atoms with E-state index < -0.39 is 10.0 Å². The topological polar surface area (TPSA) is 96.7 Å². The number of hydrogen-bond donors (Lipinski definition) is 1. The number of fused-ring (bicyclic) bond motifs is 3. The molecule has 0 radical (unpaired) electrons. The van der Waals surface area contributed by atoms with Crippen LogP contribution in [0.2, 0.25) is 0 Å². The van der Waals surface area contributed by atoms with E-state index in [9.17, 15) is 13.2 Å². The second-order valence-electron chi connectivity index (χ2n) is 7.15. The zero-order chi connectivity index (χ0) is 21.4. The number of carbonyl (C=O) groups excluding carboxylic acids is 1. The molecule has 0 atom stereocenters. The van der Waals surface area contributed by atoms with Gasteiger partial charge in [0.25, 0.3) is 0 Å². The number of aromatic nitrogens is 3. The molecule has 1 fully saturated rings. The lowest BCUT2D eigenvalue weighted by molar-refractivity contribution is -0.113. The largest absolute Gasteiger partial charge is 0.325 e. The van der Waals surface area contributed by atoms with Crippen LogP contribution in [-0.4, -0.2) is 52.1 Å². The Bertz CT molecular complexity index is 1370. The van der Waals surface area contributed by atoms with E-state index in [1.807, 2.05) is 28.7 Å². The standard InChI is InChI=1S/C20H19N5O3S3/c26-18(13-29-19-22-23-20-25(19)16-8-1-2-9-17(16)30-20)21-14-6-5-7-15(12-14)31(27,28)24-10-3-4-11-24/h1-2,5-9,12H,3-4,10-11,13H2,(H,21,26). The molecule has 31 heavy (non-hydrogen) atoms. The average molecular weight is 474 g/mol. The van der Waals surface area contributed by atoms with Crippen molar-refractivity contribution in [2.75, 3.05) is 24.2 Å². The lowest BCUT2D eigenvalue weighted by Crippen LogP contribution is -2.28. The molecule has 1 saturated heterocycles. The Labute approximate surface area is 187 Å². The number of thiazole rings is 1. The number of anilines is 1. The first-order chi connectivity index (χ1) is 15.0. The normalized spacial score (nSPS) is 15.1. The van der Waals surface area contributed by atoms with Crippen LogP contribution in [-0.2, 0) is 14.8 Å². The molecule has 2 aromatic carbocycles. The Morgan fingerprint density at radius 3 is 2.74 bits per heavy atom. The van der Waals surface area contributed by atoms with E-state index in [0.717, 1.165) is 28.0 Å². The fraction of sp³-hybridized carbons (Fsp3) is 0.250. The molecule has 3 heterocycles. The van der Waals surface area contributed by atoms with Crippen LogP contribution in [0, 0.1) is 0 Å². The van der Waals surface area contributed by atoms with Crippen molar-refractivity contribution < 1.29 is 13.2 Å². The van der Waals surface area contributed by atoms with E-state index in [1.54, 1.807) is 29.5 Å². The molecule has 0 aliphatic carbocycles. The summed E-state index contributed by atoms with van der Waals surface area (Å²) in [6.07, 6.45) is 1.75. The lowest BCUT2D eigenvalue weighted by Gasteiger charge is -2.16. The van der Waals surface area contributed by atoms with Gasteiger partial charge in [-0.3, -0.25) is 9.20 Å². The molecule has 1 N–H and O–H groups in total. The van der Waals surface area contributed by atoms with Crippen molar-refractivity contribution in [2.45, 2.75) is 22.9 Å². The zero-order valence-corrected chi connectivity index (χ0v) is 18.8. The van der Waals surface area contributed by atoms with Crippen molar-refractivity contribution in [2.24, 2.45) is 0 Å². The summed E-state index contributed by atoms with van der Waals surface area (Å²) in [5, 5.41) is 11.8. The fourth-order valence-electron chi connectivity index (χ4n) is 3.59. The summed E-state index contributed by atoms with van der Waals surface area (Å²) in [6.45, 7) is 1.08. The quantitative estimate of drug-likeness (QED) is 0.431. The maximum Gasteiger partial charge on any atom is 0.243 e. The molecule has 0 saturated carbocycles. The molecule has 1 amide bonds. The van der Waals surface area contributed by atoms with Crippen molar-refractivity contribution in [1.29, 1.82) is 0 Å². The van der Waals surface area contributed by atoms with Crippen molar-refractivity contribution >= 4 is 59.9 Å². The van der Waals surface area contributed by atoms with Gasteiger partial charge in [-0.25, -0.2) is 8.42 Å². The van der Waals surface area contributed by atoms with Crippen LogP contribution in [0.25, 0.3) is 15.2 Å². The van der Waals surface area contributed by atoms with Gasteiger partial charge in [-0.1, -0.05) is 41.3 Å². The summed E-state index contributed by atoms with van der Waals surface area (Å²) >= 11 is 2.84. The Morgan fingerprint density at radius 1 is 1.10 bits per heavy atom. The first-order valence-corrected chi connectivity index (χ1v) is 13.0. The number of benzene rings is 2. The summed E-state index contributed by atoms with van der Waals surface area (Å²) in [5.74, 6) is -0.106. The average Bonchev–Trinajstić information content (AvgIpc) is 3.50. The number of rotatable bonds is 6. The van der Waals surface area contributed by atoms with Gasteiger partial charge in [0.15, 0.2) is 5.16 Å².